The molecule has 6 heteroatoms. The lowest BCUT2D eigenvalue weighted by atomic mass is 10.4. The fourth-order valence-electron chi connectivity index (χ4n) is 1.23. The number of carboxylic acids is 1. The van der Waals surface area contributed by atoms with Crippen molar-refractivity contribution in [3.05, 3.63) is 22.5 Å². The molecule has 2 aromatic rings. The van der Waals surface area contributed by atoms with Gasteiger partial charge in [-0.2, -0.15) is 0 Å². The third-order valence-electron chi connectivity index (χ3n) is 1.91. The fraction of sp³-hybridized carbons (Fsp3) is 0.222. The van der Waals surface area contributed by atoms with E-state index >= 15 is 0 Å². The van der Waals surface area contributed by atoms with Crippen LogP contribution < -0.4 is 0 Å². The zero-order valence-electron chi connectivity index (χ0n) is 8.24. The molecule has 0 fully saturated rings. The van der Waals surface area contributed by atoms with E-state index in [4.69, 9.17) is 5.11 Å². The van der Waals surface area contributed by atoms with Crippen molar-refractivity contribution in [2.24, 2.45) is 0 Å². The van der Waals surface area contributed by atoms with E-state index in [0.29, 0.717) is 16.5 Å². The maximum Gasteiger partial charge on any atom is 0.356 e. The van der Waals surface area contributed by atoms with Crippen molar-refractivity contribution in [2.45, 2.75) is 13.8 Å². The number of nitrogens with zero attached hydrogens (tertiary/aromatic N) is 2. The topological polar surface area (TPSA) is 78.9 Å². The van der Waals surface area contributed by atoms with Gasteiger partial charge < -0.3 is 10.1 Å². The SMILES string of the molecule is Cc1cnc(-c2nc(C(=O)O)c(C)[nH]2)s1. The van der Waals surface area contributed by atoms with Gasteiger partial charge in [0.25, 0.3) is 0 Å². The molecule has 0 aliphatic carbocycles. The van der Waals surface area contributed by atoms with Crippen LogP contribution in [0.4, 0.5) is 0 Å². The van der Waals surface area contributed by atoms with Crippen LogP contribution in [0.3, 0.4) is 0 Å². The van der Waals surface area contributed by atoms with Gasteiger partial charge >= 0.3 is 5.97 Å². The summed E-state index contributed by atoms with van der Waals surface area (Å²) in [6.45, 7) is 3.62. The highest BCUT2D eigenvalue weighted by Crippen LogP contribution is 2.22. The zero-order chi connectivity index (χ0) is 11.0. The lowest BCUT2D eigenvalue weighted by molar-refractivity contribution is 0.0690. The number of aromatic amines is 1. The first-order valence-corrected chi connectivity index (χ1v) is 5.12. The molecule has 0 bridgehead atoms. The Morgan fingerprint density at radius 2 is 2.27 bits per heavy atom. The molecule has 0 saturated carbocycles. The van der Waals surface area contributed by atoms with Gasteiger partial charge in [0.05, 0.1) is 0 Å². The normalized spacial score (nSPS) is 10.5. The summed E-state index contributed by atoms with van der Waals surface area (Å²) in [5.74, 6) is -0.508. The Hall–Kier alpha value is -1.69. The summed E-state index contributed by atoms with van der Waals surface area (Å²) in [5.41, 5.74) is 0.600. The van der Waals surface area contributed by atoms with E-state index in [-0.39, 0.29) is 5.69 Å². The van der Waals surface area contributed by atoms with Crippen molar-refractivity contribution in [1.29, 1.82) is 0 Å². The van der Waals surface area contributed by atoms with Crippen LogP contribution in [0, 0.1) is 13.8 Å². The quantitative estimate of drug-likeness (QED) is 0.814. The number of carbonyl (C=O) groups is 1. The molecule has 0 atom stereocenters. The molecular formula is C9H9N3O2S. The first kappa shape index (κ1) is 9.85. The zero-order valence-corrected chi connectivity index (χ0v) is 9.05. The maximum absolute atomic E-state index is 10.8. The lowest BCUT2D eigenvalue weighted by Gasteiger charge is -1.85. The van der Waals surface area contributed by atoms with E-state index in [1.807, 2.05) is 6.92 Å². The summed E-state index contributed by atoms with van der Waals surface area (Å²) in [7, 11) is 0. The second kappa shape index (κ2) is 3.47. The third kappa shape index (κ3) is 1.75. The van der Waals surface area contributed by atoms with Crippen LogP contribution in [0.1, 0.15) is 21.1 Å². The number of aryl methyl sites for hydroxylation is 2. The van der Waals surface area contributed by atoms with Gasteiger partial charge in [-0.15, -0.1) is 11.3 Å². The van der Waals surface area contributed by atoms with Crippen molar-refractivity contribution in [3.8, 4) is 10.8 Å². The number of carboxylic acid groups (broad SMARTS) is 1. The third-order valence-corrected chi connectivity index (χ3v) is 2.83. The summed E-state index contributed by atoms with van der Waals surface area (Å²) in [6, 6.07) is 0. The predicted octanol–water partition coefficient (Wildman–Crippen LogP) is 1.85. The van der Waals surface area contributed by atoms with Crippen LogP contribution >= 0.6 is 11.3 Å². The number of H-pyrrole nitrogens is 1. The molecule has 78 valence electrons. The summed E-state index contributed by atoms with van der Waals surface area (Å²) < 4.78 is 0. The Labute approximate surface area is 89.8 Å². The van der Waals surface area contributed by atoms with Gasteiger partial charge in [0.15, 0.2) is 16.5 Å². The van der Waals surface area contributed by atoms with Crippen molar-refractivity contribution in [3.63, 3.8) is 0 Å². The van der Waals surface area contributed by atoms with Gasteiger partial charge in [0, 0.05) is 16.8 Å². The molecular weight excluding hydrogens is 214 g/mol. The second-order valence-corrected chi connectivity index (χ2v) is 4.38. The van der Waals surface area contributed by atoms with E-state index in [1.165, 1.54) is 11.3 Å². The highest BCUT2D eigenvalue weighted by atomic mass is 32.1. The molecule has 15 heavy (non-hydrogen) atoms. The predicted molar refractivity (Wildman–Crippen MR) is 56.1 cm³/mol. The molecule has 2 N–H and O–H groups in total. The molecule has 0 saturated heterocycles. The number of rotatable bonds is 2. The van der Waals surface area contributed by atoms with Gasteiger partial charge in [0.1, 0.15) is 0 Å². The van der Waals surface area contributed by atoms with Crippen LogP contribution in [0.5, 0.6) is 0 Å². The molecule has 0 aliphatic heterocycles. The van der Waals surface area contributed by atoms with E-state index < -0.39 is 5.97 Å². The van der Waals surface area contributed by atoms with Gasteiger partial charge in [-0.3, -0.25) is 0 Å². The van der Waals surface area contributed by atoms with Crippen LogP contribution in [0.2, 0.25) is 0 Å². The van der Waals surface area contributed by atoms with E-state index in [2.05, 4.69) is 15.0 Å². The van der Waals surface area contributed by atoms with E-state index in [1.54, 1.807) is 13.1 Å². The summed E-state index contributed by atoms with van der Waals surface area (Å²) in [6.07, 6.45) is 1.73. The molecule has 5 nitrogen and oxygen atoms in total. The summed E-state index contributed by atoms with van der Waals surface area (Å²) >= 11 is 1.48. The molecule has 0 amide bonds. The molecule has 2 heterocycles. The Bertz CT molecular complexity index is 515. The van der Waals surface area contributed by atoms with Gasteiger partial charge in [-0.05, 0) is 13.8 Å². The molecule has 0 spiro atoms. The summed E-state index contributed by atoms with van der Waals surface area (Å²) in [5, 5.41) is 9.54. The number of imidazole rings is 1. The molecule has 2 aromatic heterocycles. The fourth-order valence-corrected chi connectivity index (χ4v) is 1.94. The Morgan fingerprint density at radius 3 is 2.73 bits per heavy atom. The maximum atomic E-state index is 10.8. The molecule has 0 unspecified atom stereocenters. The average Bonchev–Trinajstić information content (AvgIpc) is 2.71. The highest BCUT2D eigenvalue weighted by Gasteiger charge is 2.15. The molecule has 2 rings (SSSR count). The monoisotopic (exact) mass is 223 g/mol. The number of hydrogen-bond donors (Lipinski definition) is 2. The average molecular weight is 223 g/mol. The van der Waals surface area contributed by atoms with Crippen LogP contribution in [-0.2, 0) is 0 Å². The van der Waals surface area contributed by atoms with E-state index in [0.717, 1.165) is 4.88 Å². The van der Waals surface area contributed by atoms with Gasteiger partial charge in [0.2, 0.25) is 0 Å². The number of aromatic carboxylic acids is 1. The highest BCUT2D eigenvalue weighted by molar-refractivity contribution is 7.14. The van der Waals surface area contributed by atoms with Crippen molar-refractivity contribution < 1.29 is 9.90 Å². The number of aromatic nitrogens is 3. The first-order chi connectivity index (χ1) is 7.08. The first-order valence-electron chi connectivity index (χ1n) is 4.30. The standard InChI is InChI=1S/C9H9N3O2S/c1-4-3-10-8(15-4)7-11-5(2)6(12-7)9(13)14/h3H,1-2H3,(H,11,12)(H,13,14). The summed E-state index contributed by atoms with van der Waals surface area (Å²) in [4.78, 5) is 22.9. The molecule has 0 aromatic carbocycles. The van der Waals surface area contributed by atoms with E-state index in [9.17, 15) is 4.79 Å². The second-order valence-electron chi connectivity index (χ2n) is 3.14. The Kier molecular flexibility index (Phi) is 2.28. The molecule has 0 aliphatic rings. The Balaban J connectivity index is 2.46. The van der Waals surface area contributed by atoms with Gasteiger partial charge in [-0.25, -0.2) is 14.8 Å². The van der Waals surface area contributed by atoms with Crippen LogP contribution in [-0.4, -0.2) is 26.0 Å². The largest absolute Gasteiger partial charge is 0.476 e. The molecule has 0 radical (unpaired) electrons. The van der Waals surface area contributed by atoms with Gasteiger partial charge in [-0.1, -0.05) is 0 Å². The number of nitrogens with one attached hydrogen (secondary N) is 1. The number of thiazole rings is 1. The lowest BCUT2D eigenvalue weighted by Crippen LogP contribution is -1.98. The van der Waals surface area contributed by atoms with Crippen molar-refractivity contribution in [1.82, 2.24) is 15.0 Å². The minimum Gasteiger partial charge on any atom is -0.476 e. The number of hydrogen-bond acceptors (Lipinski definition) is 4. The van der Waals surface area contributed by atoms with Crippen LogP contribution in [0.25, 0.3) is 10.8 Å². The Morgan fingerprint density at radius 1 is 1.53 bits per heavy atom. The minimum absolute atomic E-state index is 0.0536. The smallest absolute Gasteiger partial charge is 0.356 e. The van der Waals surface area contributed by atoms with Crippen molar-refractivity contribution in [2.75, 3.05) is 0 Å². The van der Waals surface area contributed by atoms with Crippen molar-refractivity contribution >= 4 is 17.3 Å². The van der Waals surface area contributed by atoms with Crippen LogP contribution in [0.15, 0.2) is 6.20 Å². The minimum atomic E-state index is -1.02.